The minimum absolute atomic E-state index is 0.0478. The first-order valence-electron chi connectivity index (χ1n) is 5.71. The molecule has 2 rings (SSSR count). The summed E-state index contributed by atoms with van der Waals surface area (Å²) < 4.78 is 1.71. The van der Waals surface area contributed by atoms with Gasteiger partial charge in [-0.2, -0.15) is 5.10 Å². The van der Waals surface area contributed by atoms with Gasteiger partial charge in [0.1, 0.15) is 0 Å². The lowest BCUT2D eigenvalue weighted by molar-refractivity contribution is -0.118. The first kappa shape index (κ1) is 11.1. The fourth-order valence-corrected chi connectivity index (χ4v) is 2.02. The van der Waals surface area contributed by atoms with E-state index in [1.165, 1.54) is 0 Å². The van der Waals surface area contributed by atoms with Crippen LogP contribution in [0.4, 0.5) is 5.69 Å². The summed E-state index contributed by atoms with van der Waals surface area (Å²) in [6.07, 6.45) is 5.04. The molecule has 1 saturated heterocycles. The van der Waals surface area contributed by atoms with E-state index in [0.29, 0.717) is 0 Å². The van der Waals surface area contributed by atoms with Crippen molar-refractivity contribution in [2.75, 3.05) is 11.9 Å². The maximum Gasteiger partial charge on any atom is 0.241 e. The van der Waals surface area contributed by atoms with Gasteiger partial charge in [-0.1, -0.05) is 6.42 Å². The third kappa shape index (κ3) is 2.41. The summed E-state index contributed by atoms with van der Waals surface area (Å²) >= 11 is 0. The summed E-state index contributed by atoms with van der Waals surface area (Å²) in [5.41, 5.74) is 1.66. The van der Waals surface area contributed by atoms with Crippen LogP contribution in [-0.4, -0.2) is 28.3 Å². The molecule has 2 N–H and O–H groups in total. The second-order valence-electron chi connectivity index (χ2n) is 4.29. The molecule has 0 aromatic carbocycles. The molecule has 88 valence electrons. The van der Waals surface area contributed by atoms with Crippen LogP contribution in [-0.2, 0) is 11.8 Å². The average molecular weight is 222 g/mol. The molecule has 1 aromatic heterocycles. The van der Waals surface area contributed by atoms with Crippen molar-refractivity contribution in [3.8, 4) is 0 Å². The van der Waals surface area contributed by atoms with Crippen molar-refractivity contribution in [3.63, 3.8) is 0 Å². The molecule has 0 bridgehead atoms. The Hall–Kier alpha value is -1.36. The summed E-state index contributed by atoms with van der Waals surface area (Å²) in [4.78, 5) is 11.9. The lowest BCUT2D eigenvalue weighted by atomic mass is 10.0. The van der Waals surface area contributed by atoms with Crippen LogP contribution in [0.1, 0.15) is 25.0 Å². The summed E-state index contributed by atoms with van der Waals surface area (Å²) in [6.45, 7) is 2.83. The Labute approximate surface area is 95.2 Å². The van der Waals surface area contributed by atoms with Gasteiger partial charge in [-0.3, -0.25) is 9.48 Å². The zero-order valence-electron chi connectivity index (χ0n) is 9.79. The number of nitrogens with zero attached hydrogens (tertiary/aromatic N) is 2. The van der Waals surface area contributed by atoms with Crippen LogP contribution in [0.2, 0.25) is 0 Å². The van der Waals surface area contributed by atoms with E-state index < -0.39 is 0 Å². The molecule has 16 heavy (non-hydrogen) atoms. The van der Waals surface area contributed by atoms with Crippen molar-refractivity contribution >= 4 is 11.6 Å². The number of hydrogen-bond acceptors (Lipinski definition) is 3. The number of aromatic nitrogens is 2. The van der Waals surface area contributed by atoms with Gasteiger partial charge in [0.2, 0.25) is 5.91 Å². The largest absolute Gasteiger partial charge is 0.322 e. The molecule has 1 aliphatic rings. The number of amides is 1. The molecule has 0 spiro atoms. The highest BCUT2D eigenvalue weighted by Crippen LogP contribution is 2.14. The molecule has 0 unspecified atom stereocenters. The molecular formula is C11H18N4O. The van der Waals surface area contributed by atoms with Crippen molar-refractivity contribution in [1.82, 2.24) is 15.1 Å². The van der Waals surface area contributed by atoms with Gasteiger partial charge in [0.25, 0.3) is 0 Å². The standard InChI is InChI=1S/C11H18N4O/c1-8-10(7-15(2)14-8)13-11(16)9-5-3-4-6-12-9/h7,9,12H,3-6H2,1-2H3,(H,13,16)/t9-/m0/s1. The molecule has 5 heteroatoms. The second kappa shape index (κ2) is 4.65. The molecule has 1 amide bonds. The molecule has 1 aliphatic heterocycles. The van der Waals surface area contributed by atoms with Gasteiger partial charge in [0.15, 0.2) is 0 Å². The summed E-state index contributed by atoms with van der Waals surface area (Å²) in [6, 6.07) is -0.0478. The number of aryl methyl sites for hydroxylation is 2. The van der Waals surface area contributed by atoms with Crippen LogP contribution in [0.5, 0.6) is 0 Å². The van der Waals surface area contributed by atoms with Gasteiger partial charge in [-0.05, 0) is 26.3 Å². The van der Waals surface area contributed by atoms with E-state index in [-0.39, 0.29) is 11.9 Å². The molecular weight excluding hydrogens is 204 g/mol. The Morgan fingerprint density at radius 1 is 1.62 bits per heavy atom. The Morgan fingerprint density at radius 2 is 2.44 bits per heavy atom. The number of rotatable bonds is 2. The zero-order valence-corrected chi connectivity index (χ0v) is 9.79. The van der Waals surface area contributed by atoms with Crippen molar-refractivity contribution in [3.05, 3.63) is 11.9 Å². The molecule has 0 radical (unpaired) electrons. The van der Waals surface area contributed by atoms with E-state index in [1.54, 1.807) is 4.68 Å². The molecule has 5 nitrogen and oxygen atoms in total. The Morgan fingerprint density at radius 3 is 3.00 bits per heavy atom. The van der Waals surface area contributed by atoms with E-state index in [1.807, 2.05) is 20.2 Å². The smallest absolute Gasteiger partial charge is 0.241 e. The number of carbonyl (C=O) groups excluding carboxylic acids is 1. The monoisotopic (exact) mass is 222 g/mol. The minimum atomic E-state index is -0.0478. The Kier molecular flexibility index (Phi) is 3.24. The van der Waals surface area contributed by atoms with Crippen LogP contribution in [0, 0.1) is 6.92 Å². The van der Waals surface area contributed by atoms with Crippen molar-refractivity contribution in [2.24, 2.45) is 7.05 Å². The molecule has 0 saturated carbocycles. The van der Waals surface area contributed by atoms with Gasteiger partial charge in [-0.25, -0.2) is 0 Å². The van der Waals surface area contributed by atoms with Gasteiger partial charge in [0, 0.05) is 13.2 Å². The fraction of sp³-hybridized carbons (Fsp3) is 0.636. The predicted molar refractivity (Wildman–Crippen MR) is 62.2 cm³/mol. The van der Waals surface area contributed by atoms with E-state index in [9.17, 15) is 4.79 Å². The third-order valence-corrected chi connectivity index (χ3v) is 2.90. The number of nitrogens with one attached hydrogen (secondary N) is 2. The van der Waals surface area contributed by atoms with Crippen LogP contribution < -0.4 is 10.6 Å². The highest BCUT2D eigenvalue weighted by molar-refractivity contribution is 5.95. The average Bonchev–Trinajstić information content (AvgIpc) is 2.59. The maximum absolute atomic E-state index is 11.9. The van der Waals surface area contributed by atoms with Crippen molar-refractivity contribution in [1.29, 1.82) is 0 Å². The van der Waals surface area contributed by atoms with E-state index >= 15 is 0 Å². The molecule has 2 heterocycles. The summed E-state index contributed by atoms with van der Waals surface area (Å²) in [7, 11) is 1.85. The van der Waals surface area contributed by atoms with Crippen molar-refractivity contribution in [2.45, 2.75) is 32.2 Å². The van der Waals surface area contributed by atoms with Crippen LogP contribution in [0.15, 0.2) is 6.20 Å². The van der Waals surface area contributed by atoms with Crippen LogP contribution in [0.3, 0.4) is 0 Å². The molecule has 1 aromatic rings. The van der Waals surface area contributed by atoms with E-state index in [2.05, 4.69) is 15.7 Å². The quantitative estimate of drug-likeness (QED) is 0.778. The lowest BCUT2D eigenvalue weighted by Crippen LogP contribution is -2.43. The molecule has 1 atom stereocenters. The summed E-state index contributed by atoms with van der Waals surface area (Å²) in [5.74, 6) is 0.0517. The second-order valence-corrected chi connectivity index (χ2v) is 4.29. The van der Waals surface area contributed by atoms with Gasteiger partial charge >= 0.3 is 0 Å². The minimum Gasteiger partial charge on any atom is -0.322 e. The lowest BCUT2D eigenvalue weighted by Gasteiger charge is -2.22. The first-order chi connectivity index (χ1) is 7.66. The van der Waals surface area contributed by atoms with Crippen LogP contribution >= 0.6 is 0 Å². The molecule has 1 fully saturated rings. The normalized spacial score (nSPS) is 20.8. The topological polar surface area (TPSA) is 59.0 Å². The fourth-order valence-electron chi connectivity index (χ4n) is 2.02. The van der Waals surface area contributed by atoms with E-state index in [0.717, 1.165) is 37.2 Å². The van der Waals surface area contributed by atoms with Gasteiger partial charge in [-0.15, -0.1) is 0 Å². The Bertz CT molecular complexity index is 379. The Balaban J connectivity index is 1.98. The summed E-state index contributed by atoms with van der Waals surface area (Å²) in [5, 5.41) is 10.3. The van der Waals surface area contributed by atoms with Crippen molar-refractivity contribution < 1.29 is 4.79 Å². The van der Waals surface area contributed by atoms with E-state index in [4.69, 9.17) is 0 Å². The highest BCUT2D eigenvalue weighted by Gasteiger charge is 2.21. The first-order valence-corrected chi connectivity index (χ1v) is 5.71. The van der Waals surface area contributed by atoms with Crippen LogP contribution in [0.25, 0.3) is 0 Å². The maximum atomic E-state index is 11.9. The van der Waals surface area contributed by atoms with Gasteiger partial charge < -0.3 is 10.6 Å². The third-order valence-electron chi connectivity index (χ3n) is 2.90. The number of carbonyl (C=O) groups is 1. The number of hydrogen-bond donors (Lipinski definition) is 2. The number of piperidine rings is 1. The molecule has 0 aliphatic carbocycles. The predicted octanol–water partition coefficient (Wildman–Crippen LogP) is 0.809. The zero-order chi connectivity index (χ0) is 11.5. The van der Waals surface area contributed by atoms with Gasteiger partial charge in [0.05, 0.1) is 17.4 Å². The number of anilines is 1. The SMILES string of the molecule is Cc1nn(C)cc1NC(=O)[C@@H]1CCCCN1. The highest BCUT2D eigenvalue weighted by atomic mass is 16.2.